The lowest BCUT2D eigenvalue weighted by molar-refractivity contribution is -0.140. The Bertz CT molecular complexity index is 1080. The molecule has 1 fully saturated rings. The molecule has 6 nitrogen and oxygen atoms in total. The third-order valence-corrected chi connectivity index (χ3v) is 5.41. The third-order valence-electron chi connectivity index (χ3n) is 5.41. The number of ether oxygens (including phenoxy) is 1. The first kappa shape index (κ1) is 18.5. The molecule has 2 aliphatic heterocycles. The van der Waals surface area contributed by atoms with Gasteiger partial charge in [-0.2, -0.15) is 10.5 Å². The first-order valence-electron chi connectivity index (χ1n) is 9.28. The van der Waals surface area contributed by atoms with E-state index in [0.29, 0.717) is 16.9 Å². The lowest BCUT2D eigenvalue weighted by atomic mass is 9.78. The highest BCUT2D eigenvalue weighted by Gasteiger charge is 2.46. The van der Waals surface area contributed by atoms with E-state index in [1.165, 1.54) is 4.90 Å². The maximum absolute atomic E-state index is 13.1. The van der Waals surface area contributed by atoms with Crippen molar-refractivity contribution in [3.05, 3.63) is 71.3 Å². The molecule has 0 spiro atoms. The average Bonchev–Trinajstić information content (AvgIpc) is 3.03. The summed E-state index contributed by atoms with van der Waals surface area (Å²) in [4.78, 5) is 27.0. The quantitative estimate of drug-likeness (QED) is 0.600. The summed E-state index contributed by atoms with van der Waals surface area (Å²) in [6.07, 6.45) is 0.0372. The van der Waals surface area contributed by atoms with Crippen LogP contribution < -0.4 is 4.74 Å². The molecule has 2 atom stereocenters. The van der Waals surface area contributed by atoms with Crippen molar-refractivity contribution in [2.45, 2.75) is 13.0 Å². The number of fused-ring (bicyclic) bond motifs is 1. The van der Waals surface area contributed by atoms with Crippen molar-refractivity contribution in [3.8, 4) is 17.9 Å². The number of hydrogen-bond acceptors (Lipinski definition) is 5. The Hall–Kier alpha value is -3.90. The molecule has 1 saturated heterocycles. The summed E-state index contributed by atoms with van der Waals surface area (Å²) in [5.74, 6) is -1.17. The van der Waals surface area contributed by atoms with Crippen LogP contribution >= 0.6 is 0 Å². The molecule has 0 aliphatic carbocycles. The van der Waals surface area contributed by atoms with Gasteiger partial charge in [0.2, 0.25) is 11.8 Å². The van der Waals surface area contributed by atoms with Crippen LogP contribution in [0.3, 0.4) is 0 Å². The number of likely N-dealkylation sites (tertiary alicyclic amines) is 1. The molecule has 2 aromatic rings. The van der Waals surface area contributed by atoms with Gasteiger partial charge in [0.15, 0.2) is 0 Å². The van der Waals surface area contributed by atoms with E-state index in [0.717, 1.165) is 5.56 Å². The van der Waals surface area contributed by atoms with Gasteiger partial charge in [-0.05, 0) is 17.2 Å². The van der Waals surface area contributed by atoms with Gasteiger partial charge in [0.25, 0.3) is 0 Å². The molecular weight excluding hydrogens is 366 g/mol. The Morgan fingerprint density at radius 2 is 1.69 bits per heavy atom. The molecule has 2 aromatic carbocycles. The van der Waals surface area contributed by atoms with Crippen LogP contribution in [0.2, 0.25) is 0 Å². The topological polar surface area (TPSA) is 94.2 Å². The van der Waals surface area contributed by atoms with E-state index in [9.17, 15) is 20.1 Å². The van der Waals surface area contributed by atoms with E-state index in [1.807, 2.05) is 42.5 Å². The Kier molecular flexibility index (Phi) is 4.85. The maximum Gasteiger partial charge on any atom is 0.233 e. The van der Waals surface area contributed by atoms with Gasteiger partial charge in [0.05, 0.1) is 19.1 Å². The minimum absolute atomic E-state index is 0.0372. The zero-order chi connectivity index (χ0) is 20.4. The van der Waals surface area contributed by atoms with Crippen LogP contribution in [-0.2, 0) is 16.1 Å². The normalized spacial score (nSPS) is 20.5. The van der Waals surface area contributed by atoms with Gasteiger partial charge in [-0.1, -0.05) is 48.5 Å². The SMILES string of the molecule is N#CC(C#N)=C1c2ccccc2OC[C@H]1C1CC(=O)N(Cc2ccccc2)C1=O. The van der Waals surface area contributed by atoms with E-state index in [1.54, 1.807) is 24.3 Å². The van der Waals surface area contributed by atoms with E-state index < -0.39 is 11.8 Å². The van der Waals surface area contributed by atoms with E-state index >= 15 is 0 Å². The predicted octanol–water partition coefficient (Wildman–Crippen LogP) is 3.07. The largest absolute Gasteiger partial charge is 0.492 e. The zero-order valence-electron chi connectivity index (χ0n) is 15.5. The second-order valence-electron chi connectivity index (χ2n) is 7.04. The molecule has 6 heteroatoms. The predicted molar refractivity (Wildman–Crippen MR) is 104 cm³/mol. The number of amides is 2. The molecule has 4 rings (SSSR count). The molecule has 29 heavy (non-hydrogen) atoms. The van der Waals surface area contributed by atoms with Crippen molar-refractivity contribution in [1.29, 1.82) is 10.5 Å². The fraction of sp³-hybridized carbons (Fsp3) is 0.217. The van der Waals surface area contributed by atoms with Crippen LogP contribution in [0.15, 0.2) is 60.2 Å². The number of imide groups is 1. The van der Waals surface area contributed by atoms with Gasteiger partial charge in [-0.3, -0.25) is 14.5 Å². The standard InChI is InChI=1S/C23H17N3O3/c24-11-16(12-25)22-17-8-4-5-9-20(17)29-14-19(22)18-10-21(27)26(23(18)28)13-15-6-2-1-3-7-15/h1-9,18-19H,10,13-14H2/t18?,19-/m0/s1. The highest BCUT2D eigenvalue weighted by Crippen LogP contribution is 2.44. The first-order chi connectivity index (χ1) is 14.1. The van der Waals surface area contributed by atoms with Gasteiger partial charge in [-0.25, -0.2) is 0 Å². The van der Waals surface area contributed by atoms with Crippen LogP contribution in [0.1, 0.15) is 17.5 Å². The molecule has 0 saturated carbocycles. The summed E-state index contributed by atoms with van der Waals surface area (Å²) in [5, 5.41) is 19.0. The molecule has 2 amide bonds. The number of nitriles is 2. The van der Waals surface area contributed by atoms with Crippen LogP contribution in [0, 0.1) is 34.5 Å². The van der Waals surface area contributed by atoms with Crippen molar-refractivity contribution >= 4 is 17.4 Å². The molecule has 2 heterocycles. The minimum Gasteiger partial charge on any atom is -0.492 e. The summed E-state index contributed by atoms with van der Waals surface area (Å²) in [5.41, 5.74) is 1.94. The fourth-order valence-corrected chi connectivity index (χ4v) is 4.02. The van der Waals surface area contributed by atoms with E-state index in [2.05, 4.69) is 0 Å². The molecule has 0 bridgehead atoms. The number of nitrogens with zero attached hydrogens (tertiary/aromatic N) is 3. The fourth-order valence-electron chi connectivity index (χ4n) is 4.02. The molecule has 0 aromatic heterocycles. The second kappa shape index (κ2) is 7.61. The molecular formula is C23H17N3O3. The minimum atomic E-state index is -0.661. The van der Waals surface area contributed by atoms with Crippen molar-refractivity contribution < 1.29 is 14.3 Å². The summed E-state index contributed by atoms with van der Waals surface area (Å²) in [6, 6.07) is 20.3. The molecule has 0 radical (unpaired) electrons. The van der Waals surface area contributed by atoms with Crippen molar-refractivity contribution in [2.24, 2.45) is 11.8 Å². The zero-order valence-corrected chi connectivity index (χ0v) is 15.5. The summed E-state index contributed by atoms with van der Waals surface area (Å²) < 4.78 is 5.82. The number of benzene rings is 2. The van der Waals surface area contributed by atoms with Crippen molar-refractivity contribution in [3.63, 3.8) is 0 Å². The lowest BCUT2D eigenvalue weighted by Gasteiger charge is -2.31. The Balaban J connectivity index is 1.70. The number of carbonyl (C=O) groups is 2. The van der Waals surface area contributed by atoms with Crippen LogP contribution in [0.25, 0.3) is 5.57 Å². The number of allylic oxidation sites excluding steroid dienone is 1. The third kappa shape index (κ3) is 3.26. The Morgan fingerprint density at radius 1 is 1.00 bits per heavy atom. The first-order valence-corrected chi connectivity index (χ1v) is 9.28. The van der Waals surface area contributed by atoms with Gasteiger partial charge in [0, 0.05) is 17.9 Å². The van der Waals surface area contributed by atoms with Gasteiger partial charge in [-0.15, -0.1) is 0 Å². The average molecular weight is 383 g/mol. The number of hydrogen-bond donors (Lipinski definition) is 0. The van der Waals surface area contributed by atoms with E-state index in [-0.39, 0.29) is 37.0 Å². The van der Waals surface area contributed by atoms with Crippen LogP contribution in [-0.4, -0.2) is 23.3 Å². The molecule has 1 unspecified atom stereocenters. The highest BCUT2D eigenvalue weighted by molar-refractivity contribution is 6.04. The van der Waals surface area contributed by atoms with Crippen LogP contribution in [0.4, 0.5) is 0 Å². The van der Waals surface area contributed by atoms with Crippen LogP contribution in [0.5, 0.6) is 5.75 Å². The smallest absolute Gasteiger partial charge is 0.233 e. The Morgan fingerprint density at radius 3 is 2.41 bits per heavy atom. The van der Waals surface area contributed by atoms with Gasteiger partial charge >= 0.3 is 0 Å². The maximum atomic E-state index is 13.1. The highest BCUT2D eigenvalue weighted by atomic mass is 16.5. The lowest BCUT2D eigenvalue weighted by Crippen LogP contribution is -2.35. The number of rotatable bonds is 3. The summed E-state index contributed by atoms with van der Waals surface area (Å²) in [7, 11) is 0. The van der Waals surface area contributed by atoms with Crippen molar-refractivity contribution in [1.82, 2.24) is 4.90 Å². The Labute approximate surface area is 168 Å². The molecule has 0 N–H and O–H groups in total. The van der Waals surface area contributed by atoms with Gasteiger partial charge < -0.3 is 4.74 Å². The number of para-hydroxylation sites is 1. The second-order valence-corrected chi connectivity index (χ2v) is 7.04. The molecule has 2 aliphatic rings. The van der Waals surface area contributed by atoms with E-state index in [4.69, 9.17) is 4.74 Å². The summed E-state index contributed by atoms with van der Waals surface area (Å²) >= 11 is 0. The number of carbonyl (C=O) groups excluding carboxylic acids is 2. The summed E-state index contributed by atoms with van der Waals surface area (Å²) in [6.45, 7) is 0.351. The van der Waals surface area contributed by atoms with Crippen molar-refractivity contribution in [2.75, 3.05) is 6.61 Å². The molecule has 142 valence electrons. The monoisotopic (exact) mass is 383 g/mol. The van der Waals surface area contributed by atoms with Gasteiger partial charge in [0.1, 0.15) is 23.5 Å².